The molecule has 1 aromatic heterocycles. The van der Waals surface area contributed by atoms with E-state index >= 15 is 0 Å². The van der Waals surface area contributed by atoms with Crippen LogP contribution in [0.4, 0.5) is 0 Å². The molecule has 0 aliphatic carbocycles. The first-order valence-electron chi connectivity index (χ1n) is 4.36. The molecule has 5 heteroatoms. The summed E-state index contributed by atoms with van der Waals surface area (Å²) >= 11 is 1.37. The highest BCUT2D eigenvalue weighted by molar-refractivity contribution is 7.05. The van der Waals surface area contributed by atoms with Gasteiger partial charge in [-0.2, -0.15) is 0 Å². The standard InChI is InChI=1S/C8H12N2O2S/c11-6-8(2-1-3-12-8)4-7-5-9-10-13-7/h5,11H,1-4,6H2. The summed E-state index contributed by atoms with van der Waals surface area (Å²) in [5, 5.41) is 13.0. The first-order valence-corrected chi connectivity index (χ1v) is 5.13. The third-order valence-electron chi connectivity index (χ3n) is 2.38. The zero-order chi connectivity index (χ0) is 9.15. The van der Waals surface area contributed by atoms with Crippen molar-refractivity contribution >= 4 is 11.5 Å². The number of nitrogens with zero attached hydrogens (tertiary/aromatic N) is 2. The number of rotatable bonds is 3. The van der Waals surface area contributed by atoms with Gasteiger partial charge in [-0.3, -0.25) is 0 Å². The maximum atomic E-state index is 9.25. The van der Waals surface area contributed by atoms with Gasteiger partial charge in [0.05, 0.1) is 18.4 Å². The lowest BCUT2D eigenvalue weighted by Gasteiger charge is -2.24. The topological polar surface area (TPSA) is 55.2 Å². The molecule has 1 aliphatic heterocycles. The average Bonchev–Trinajstić information content (AvgIpc) is 2.77. The summed E-state index contributed by atoms with van der Waals surface area (Å²) in [5.41, 5.74) is -0.353. The minimum Gasteiger partial charge on any atom is -0.393 e. The van der Waals surface area contributed by atoms with Crippen LogP contribution in [0.1, 0.15) is 17.7 Å². The Morgan fingerprint density at radius 2 is 2.62 bits per heavy atom. The Morgan fingerprint density at radius 1 is 1.69 bits per heavy atom. The van der Waals surface area contributed by atoms with Crippen LogP contribution in [0.2, 0.25) is 0 Å². The van der Waals surface area contributed by atoms with E-state index in [0.717, 1.165) is 30.7 Å². The highest BCUT2D eigenvalue weighted by Gasteiger charge is 2.35. The molecule has 1 N–H and O–H groups in total. The number of ether oxygens (including phenoxy) is 1. The second kappa shape index (κ2) is 3.69. The molecular formula is C8H12N2O2S. The molecule has 0 aromatic carbocycles. The van der Waals surface area contributed by atoms with Crippen molar-refractivity contribution in [1.29, 1.82) is 0 Å². The van der Waals surface area contributed by atoms with Gasteiger partial charge in [0.15, 0.2) is 0 Å². The minimum absolute atomic E-state index is 0.0882. The van der Waals surface area contributed by atoms with Crippen molar-refractivity contribution in [1.82, 2.24) is 9.59 Å². The smallest absolute Gasteiger partial charge is 0.0961 e. The molecule has 0 bridgehead atoms. The van der Waals surface area contributed by atoms with Crippen molar-refractivity contribution in [3.05, 3.63) is 11.1 Å². The van der Waals surface area contributed by atoms with Crippen LogP contribution in [0.3, 0.4) is 0 Å². The zero-order valence-corrected chi connectivity index (χ0v) is 8.09. The maximum absolute atomic E-state index is 9.25. The zero-order valence-electron chi connectivity index (χ0n) is 7.27. The molecule has 2 rings (SSSR count). The van der Waals surface area contributed by atoms with Gasteiger partial charge in [-0.1, -0.05) is 4.49 Å². The van der Waals surface area contributed by atoms with E-state index in [0.29, 0.717) is 0 Å². The van der Waals surface area contributed by atoms with E-state index < -0.39 is 0 Å². The number of hydrogen-bond donors (Lipinski definition) is 1. The largest absolute Gasteiger partial charge is 0.393 e. The van der Waals surface area contributed by atoms with Crippen LogP contribution in [0.5, 0.6) is 0 Å². The molecule has 0 amide bonds. The molecule has 2 heterocycles. The van der Waals surface area contributed by atoms with Crippen LogP contribution in [-0.2, 0) is 11.2 Å². The highest BCUT2D eigenvalue weighted by Crippen LogP contribution is 2.29. The molecule has 0 saturated carbocycles. The van der Waals surface area contributed by atoms with Crippen molar-refractivity contribution in [2.75, 3.05) is 13.2 Å². The molecule has 1 unspecified atom stereocenters. The van der Waals surface area contributed by atoms with E-state index in [4.69, 9.17) is 4.74 Å². The molecule has 13 heavy (non-hydrogen) atoms. The molecule has 0 radical (unpaired) electrons. The number of aliphatic hydroxyl groups is 1. The molecule has 1 saturated heterocycles. The van der Waals surface area contributed by atoms with Crippen LogP contribution in [0.25, 0.3) is 0 Å². The minimum atomic E-state index is -0.353. The molecule has 0 spiro atoms. The third-order valence-corrected chi connectivity index (χ3v) is 3.04. The van der Waals surface area contributed by atoms with Gasteiger partial charge >= 0.3 is 0 Å². The SMILES string of the molecule is OCC1(Cc2cnns2)CCCO1. The highest BCUT2D eigenvalue weighted by atomic mass is 32.1. The van der Waals surface area contributed by atoms with E-state index in [1.165, 1.54) is 11.5 Å². The van der Waals surface area contributed by atoms with Gasteiger partial charge < -0.3 is 9.84 Å². The fraction of sp³-hybridized carbons (Fsp3) is 0.750. The van der Waals surface area contributed by atoms with Crippen molar-refractivity contribution in [2.24, 2.45) is 0 Å². The second-order valence-electron chi connectivity index (χ2n) is 3.35. The lowest BCUT2D eigenvalue weighted by Crippen LogP contribution is -2.34. The first-order chi connectivity index (χ1) is 6.35. The molecular weight excluding hydrogens is 188 g/mol. The van der Waals surface area contributed by atoms with Gasteiger partial charge in [-0.25, -0.2) is 0 Å². The van der Waals surface area contributed by atoms with Gasteiger partial charge in [0.25, 0.3) is 0 Å². The molecule has 1 fully saturated rings. The predicted molar refractivity (Wildman–Crippen MR) is 48.6 cm³/mol. The van der Waals surface area contributed by atoms with Crippen LogP contribution in [0, 0.1) is 0 Å². The van der Waals surface area contributed by atoms with Gasteiger partial charge in [-0.05, 0) is 24.4 Å². The summed E-state index contributed by atoms with van der Waals surface area (Å²) in [6.45, 7) is 0.845. The monoisotopic (exact) mass is 200 g/mol. The second-order valence-corrected chi connectivity index (χ2v) is 4.22. The van der Waals surface area contributed by atoms with Gasteiger partial charge in [-0.15, -0.1) is 5.10 Å². The summed E-state index contributed by atoms with van der Waals surface area (Å²) in [5.74, 6) is 0. The maximum Gasteiger partial charge on any atom is 0.0961 e. The third kappa shape index (κ3) is 1.87. The molecule has 1 aromatic rings. The summed E-state index contributed by atoms with van der Waals surface area (Å²) in [6, 6.07) is 0. The van der Waals surface area contributed by atoms with Gasteiger partial charge in [0.1, 0.15) is 0 Å². The molecule has 72 valence electrons. The van der Waals surface area contributed by atoms with E-state index in [9.17, 15) is 5.11 Å². The number of hydrogen-bond acceptors (Lipinski definition) is 5. The Kier molecular flexibility index (Phi) is 2.57. The molecule has 1 atom stereocenters. The van der Waals surface area contributed by atoms with E-state index in [2.05, 4.69) is 9.59 Å². The quantitative estimate of drug-likeness (QED) is 0.777. The van der Waals surface area contributed by atoms with E-state index in [1.807, 2.05) is 0 Å². The van der Waals surface area contributed by atoms with Crippen LogP contribution in [-0.4, -0.2) is 33.5 Å². The Labute approximate surface area is 80.7 Å². The van der Waals surface area contributed by atoms with Gasteiger partial charge in [0.2, 0.25) is 0 Å². The lowest BCUT2D eigenvalue weighted by molar-refractivity contribution is -0.0371. The number of aromatic nitrogens is 2. The summed E-state index contributed by atoms with van der Waals surface area (Å²) in [7, 11) is 0. The van der Waals surface area contributed by atoms with Crippen LogP contribution >= 0.6 is 11.5 Å². The van der Waals surface area contributed by atoms with Crippen molar-refractivity contribution in [3.63, 3.8) is 0 Å². The summed E-state index contributed by atoms with van der Waals surface area (Å²) < 4.78 is 9.35. The summed E-state index contributed by atoms with van der Waals surface area (Å²) in [6.07, 6.45) is 4.44. The van der Waals surface area contributed by atoms with Crippen molar-refractivity contribution in [3.8, 4) is 0 Å². The first kappa shape index (κ1) is 9.05. The Hall–Kier alpha value is -0.520. The molecule has 1 aliphatic rings. The van der Waals surface area contributed by atoms with Crippen LogP contribution in [0.15, 0.2) is 6.20 Å². The Balaban J connectivity index is 2.06. The van der Waals surface area contributed by atoms with Crippen LogP contribution < -0.4 is 0 Å². The van der Waals surface area contributed by atoms with E-state index in [-0.39, 0.29) is 12.2 Å². The Morgan fingerprint density at radius 3 is 3.15 bits per heavy atom. The summed E-state index contributed by atoms with van der Waals surface area (Å²) in [4.78, 5) is 1.08. The molecule has 4 nitrogen and oxygen atoms in total. The lowest BCUT2D eigenvalue weighted by atomic mass is 9.96. The fourth-order valence-corrected chi connectivity index (χ4v) is 2.28. The average molecular weight is 200 g/mol. The number of aliphatic hydroxyl groups excluding tert-OH is 1. The predicted octanol–water partition coefficient (Wildman–Crippen LogP) is 0.622. The normalized spacial score (nSPS) is 28.1. The van der Waals surface area contributed by atoms with Crippen molar-refractivity contribution < 1.29 is 9.84 Å². The Bertz CT molecular complexity index is 257. The fourth-order valence-electron chi connectivity index (χ4n) is 1.66. The van der Waals surface area contributed by atoms with Gasteiger partial charge in [0, 0.05) is 17.9 Å². The van der Waals surface area contributed by atoms with Crippen molar-refractivity contribution in [2.45, 2.75) is 24.9 Å². The van der Waals surface area contributed by atoms with E-state index in [1.54, 1.807) is 6.20 Å².